The Balaban J connectivity index is 1.33. The quantitative estimate of drug-likeness (QED) is 0.0513. The summed E-state index contributed by atoms with van der Waals surface area (Å²) in [5.74, 6) is -3.75. The molecule has 0 bridgehead atoms. The van der Waals surface area contributed by atoms with Gasteiger partial charge in [-0.3, -0.25) is 19.2 Å². The maximum absolute atomic E-state index is 14.0. The van der Waals surface area contributed by atoms with Crippen LogP contribution in [0.3, 0.4) is 0 Å². The van der Waals surface area contributed by atoms with Gasteiger partial charge in [-0.1, -0.05) is 39.3 Å². The molecule has 6 rings (SSSR count). The van der Waals surface area contributed by atoms with Crippen molar-refractivity contribution in [1.29, 1.82) is 0 Å². The van der Waals surface area contributed by atoms with Crippen LogP contribution >= 0.6 is 0 Å². The van der Waals surface area contributed by atoms with Gasteiger partial charge in [-0.25, -0.2) is 5.43 Å². The standard InChI is InChI=1S/C40H51N3O13/c1-17(2)20-10-9-18(3)11-25(20)55-29(46)13-28(45)43-42-27(16-44)40(52)14-22-32(26(15-40)56-30-12-23(41)35(47)19(4)54-30)39(51)34-33(37(22)49)36(48)21-7-6-8-24(53-5)31(21)38(34)50/h6-8,17-20,23,25-26,30,35,44,47,49,51-52H,9-16,41H2,1-5H3,(H,43,45)/b42-27+/t18-,19+,20+,23+,25-,26+,30+,35-,40+/m1/s1. The fourth-order valence-corrected chi connectivity index (χ4v) is 8.66. The van der Waals surface area contributed by atoms with Crippen molar-refractivity contribution in [2.24, 2.45) is 28.6 Å². The number of hydrazone groups is 1. The summed E-state index contributed by atoms with van der Waals surface area (Å²) in [7, 11) is 1.32. The van der Waals surface area contributed by atoms with Crippen molar-refractivity contribution in [3.63, 3.8) is 0 Å². The lowest BCUT2D eigenvalue weighted by Crippen LogP contribution is -2.53. The second kappa shape index (κ2) is 16.2. The van der Waals surface area contributed by atoms with Gasteiger partial charge in [-0.05, 0) is 43.6 Å². The van der Waals surface area contributed by atoms with Crippen LogP contribution in [0.4, 0.5) is 0 Å². The Morgan fingerprint density at radius 1 is 1.07 bits per heavy atom. The number of benzene rings is 2. The first-order chi connectivity index (χ1) is 26.5. The lowest BCUT2D eigenvalue weighted by molar-refractivity contribution is -0.245. The minimum atomic E-state index is -2.22. The van der Waals surface area contributed by atoms with Crippen LogP contribution in [0.25, 0.3) is 0 Å². The summed E-state index contributed by atoms with van der Waals surface area (Å²) >= 11 is 0. The van der Waals surface area contributed by atoms with Crippen LogP contribution in [0, 0.1) is 17.8 Å². The van der Waals surface area contributed by atoms with Crippen molar-refractivity contribution in [1.82, 2.24) is 5.43 Å². The lowest BCUT2D eigenvalue weighted by atomic mass is 9.71. The molecule has 0 spiro atoms. The van der Waals surface area contributed by atoms with Crippen LogP contribution in [0.15, 0.2) is 23.3 Å². The summed E-state index contributed by atoms with van der Waals surface area (Å²) in [4.78, 5) is 53.7. The number of hydrogen-bond donors (Lipinski definition) is 7. The number of ketones is 2. The number of phenolic OH excluding ortho intramolecular Hbond substituents is 2. The highest BCUT2D eigenvalue weighted by atomic mass is 16.7. The van der Waals surface area contributed by atoms with Crippen molar-refractivity contribution in [3.05, 3.63) is 51.6 Å². The molecule has 3 aliphatic carbocycles. The number of aromatic hydroxyl groups is 2. The van der Waals surface area contributed by atoms with E-state index < -0.39 is 114 Å². The van der Waals surface area contributed by atoms with Gasteiger partial charge in [0.1, 0.15) is 35.4 Å². The second-order valence-electron chi connectivity index (χ2n) is 15.9. The Morgan fingerprint density at radius 2 is 1.79 bits per heavy atom. The fourth-order valence-electron chi connectivity index (χ4n) is 8.66. The first kappa shape index (κ1) is 41.2. The maximum Gasteiger partial charge on any atom is 0.315 e. The molecule has 9 atom stereocenters. The zero-order valence-corrected chi connectivity index (χ0v) is 32.1. The number of aliphatic hydroxyl groups is 3. The SMILES string of the molecule is COc1cccc2c1C(=O)c1c(O)c3c(c(O)c1C2=O)C[C@@](O)(/C(CO)=N/NC(=O)CC(=O)O[C@@H]1C[C@H](C)CC[C@H]1C(C)C)C[C@@H]3O[C@H]1C[C@H](N)[C@H](O)[C@H](C)O1. The lowest BCUT2D eigenvalue weighted by Gasteiger charge is -2.43. The Bertz CT molecular complexity index is 1920. The number of nitrogens with two attached hydrogens (primary N) is 1. The van der Waals surface area contributed by atoms with Crippen LogP contribution in [0.1, 0.15) is 115 Å². The number of fused-ring (bicyclic) bond motifs is 3. The number of esters is 1. The van der Waals surface area contributed by atoms with Crippen LogP contribution in [0.5, 0.6) is 17.2 Å². The number of hydrogen-bond acceptors (Lipinski definition) is 15. The molecule has 1 saturated carbocycles. The molecule has 2 aromatic carbocycles. The summed E-state index contributed by atoms with van der Waals surface area (Å²) in [6, 6.07) is 3.57. The topological polar surface area (TPSA) is 257 Å². The molecule has 1 saturated heterocycles. The largest absolute Gasteiger partial charge is 0.507 e. The van der Waals surface area contributed by atoms with Crippen LogP contribution in [-0.4, -0.2) is 105 Å². The molecule has 0 aromatic heterocycles. The molecular weight excluding hydrogens is 730 g/mol. The Labute approximate surface area is 324 Å². The molecular formula is C40H51N3O13. The zero-order chi connectivity index (χ0) is 40.8. The first-order valence-electron chi connectivity index (χ1n) is 19.0. The van der Waals surface area contributed by atoms with Gasteiger partial charge in [-0.15, -0.1) is 0 Å². The van der Waals surface area contributed by atoms with Gasteiger partial charge in [-0.2, -0.15) is 5.10 Å². The Hall–Kier alpha value is -4.45. The Kier molecular flexibility index (Phi) is 11.9. The number of nitrogens with zero attached hydrogens (tertiary/aromatic N) is 1. The molecule has 1 amide bonds. The second-order valence-corrected chi connectivity index (χ2v) is 15.9. The molecule has 1 aliphatic heterocycles. The number of carbonyl (C=O) groups excluding carboxylic acids is 4. The van der Waals surface area contributed by atoms with Gasteiger partial charge in [0.25, 0.3) is 5.91 Å². The predicted molar refractivity (Wildman–Crippen MR) is 198 cm³/mol. The van der Waals surface area contributed by atoms with Gasteiger partial charge >= 0.3 is 5.97 Å². The number of rotatable bonds is 10. The van der Waals surface area contributed by atoms with Gasteiger partial charge in [0.2, 0.25) is 5.78 Å². The van der Waals surface area contributed by atoms with E-state index in [9.17, 15) is 44.7 Å². The van der Waals surface area contributed by atoms with E-state index in [0.717, 1.165) is 12.8 Å². The van der Waals surface area contributed by atoms with Gasteiger partial charge in [0, 0.05) is 42.0 Å². The van der Waals surface area contributed by atoms with E-state index in [0.29, 0.717) is 12.3 Å². The number of aliphatic hydroxyl groups excluding tert-OH is 2. The monoisotopic (exact) mass is 781 g/mol. The smallest absolute Gasteiger partial charge is 0.315 e. The van der Waals surface area contributed by atoms with Crippen molar-refractivity contribution >= 4 is 29.2 Å². The predicted octanol–water partition coefficient (Wildman–Crippen LogP) is 2.30. The summed E-state index contributed by atoms with van der Waals surface area (Å²) in [5, 5.41) is 60.8. The fraction of sp³-hybridized carbons (Fsp3) is 0.575. The van der Waals surface area contributed by atoms with Crippen LogP contribution < -0.4 is 15.9 Å². The van der Waals surface area contributed by atoms with Crippen LogP contribution in [0.2, 0.25) is 0 Å². The van der Waals surface area contributed by atoms with E-state index in [4.69, 9.17) is 24.7 Å². The molecule has 0 radical (unpaired) electrons. The molecule has 4 aliphatic rings. The normalized spacial score (nSPS) is 30.3. The summed E-state index contributed by atoms with van der Waals surface area (Å²) in [6.45, 7) is 6.87. The highest BCUT2D eigenvalue weighted by Crippen LogP contribution is 2.52. The van der Waals surface area contributed by atoms with Crippen LogP contribution in [-0.2, 0) is 30.2 Å². The van der Waals surface area contributed by atoms with Gasteiger partial charge < -0.3 is 50.2 Å². The minimum absolute atomic E-state index is 0.0275. The van der Waals surface area contributed by atoms with E-state index in [1.165, 1.54) is 25.3 Å². The molecule has 304 valence electrons. The highest BCUT2D eigenvalue weighted by molar-refractivity contribution is 6.31. The van der Waals surface area contributed by atoms with Gasteiger partial charge in [0.05, 0.1) is 54.4 Å². The van der Waals surface area contributed by atoms with Crippen molar-refractivity contribution in [2.75, 3.05) is 13.7 Å². The first-order valence-corrected chi connectivity index (χ1v) is 19.0. The average Bonchev–Trinajstić information content (AvgIpc) is 3.13. The summed E-state index contributed by atoms with van der Waals surface area (Å²) < 4.78 is 23.2. The number of ether oxygens (including phenoxy) is 4. The summed E-state index contributed by atoms with van der Waals surface area (Å²) in [6.07, 6.45) is -3.82. The van der Waals surface area contributed by atoms with E-state index in [1.54, 1.807) is 6.92 Å². The molecule has 2 fully saturated rings. The highest BCUT2D eigenvalue weighted by Gasteiger charge is 2.50. The third-order valence-corrected chi connectivity index (χ3v) is 11.7. The molecule has 8 N–H and O–H groups in total. The molecule has 16 heteroatoms. The van der Waals surface area contributed by atoms with E-state index >= 15 is 0 Å². The van der Waals surface area contributed by atoms with E-state index in [2.05, 4.69) is 31.3 Å². The number of carbonyl (C=O) groups is 4. The maximum atomic E-state index is 14.0. The molecule has 16 nitrogen and oxygen atoms in total. The molecule has 2 aromatic rings. The van der Waals surface area contributed by atoms with Crippen molar-refractivity contribution in [2.45, 2.75) is 115 Å². The minimum Gasteiger partial charge on any atom is -0.507 e. The van der Waals surface area contributed by atoms with Crippen molar-refractivity contribution < 1.29 is 63.7 Å². The average molecular weight is 782 g/mol. The number of phenols is 2. The Morgan fingerprint density at radius 3 is 2.45 bits per heavy atom. The third kappa shape index (κ3) is 7.65. The van der Waals surface area contributed by atoms with Crippen molar-refractivity contribution in [3.8, 4) is 17.2 Å². The zero-order valence-electron chi connectivity index (χ0n) is 32.1. The molecule has 0 unspecified atom stereocenters. The molecule has 1 heterocycles. The number of nitrogens with one attached hydrogen (secondary N) is 1. The van der Waals surface area contributed by atoms with E-state index in [1.807, 2.05) is 0 Å². The number of methoxy groups -OCH3 is 1. The molecule has 56 heavy (non-hydrogen) atoms. The van der Waals surface area contributed by atoms with E-state index in [-0.39, 0.29) is 52.4 Å². The number of amides is 1. The third-order valence-electron chi connectivity index (χ3n) is 11.7. The van der Waals surface area contributed by atoms with Gasteiger partial charge in [0.15, 0.2) is 12.1 Å². The summed E-state index contributed by atoms with van der Waals surface area (Å²) in [5.41, 5.74) is 4.20.